The van der Waals surface area contributed by atoms with Crippen molar-refractivity contribution in [1.82, 2.24) is 9.97 Å². The zero-order valence-electron chi connectivity index (χ0n) is 9.25. The van der Waals surface area contributed by atoms with Gasteiger partial charge in [-0.15, -0.1) is 22.7 Å². The Hall–Kier alpha value is -1.78. The highest BCUT2D eigenvalue weighted by molar-refractivity contribution is 7.22. The topological polar surface area (TPSA) is 25.8 Å². The Balaban J connectivity index is 2.04. The van der Waals surface area contributed by atoms with E-state index in [4.69, 9.17) is 0 Å². The highest BCUT2D eigenvalue weighted by atomic mass is 32.1. The molecular weight excluding hydrogens is 260 g/mol. The lowest BCUT2D eigenvalue weighted by Gasteiger charge is -1.95. The Labute approximate surface area is 112 Å². The summed E-state index contributed by atoms with van der Waals surface area (Å²) in [7, 11) is 0. The van der Waals surface area contributed by atoms with Crippen LogP contribution in [0.1, 0.15) is 0 Å². The normalized spacial score (nSPS) is 11.3. The first-order valence-electron chi connectivity index (χ1n) is 5.52. The van der Waals surface area contributed by atoms with E-state index in [-0.39, 0.29) is 0 Å². The van der Waals surface area contributed by atoms with Crippen LogP contribution < -0.4 is 0 Å². The molecule has 4 heteroatoms. The van der Waals surface area contributed by atoms with Gasteiger partial charge < -0.3 is 0 Å². The summed E-state index contributed by atoms with van der Waals surface area (Å²) in [6.07, 6.45) is 0. The fraction of sp³-hybridized carbons (Fsp3) is 0. The van der Waals surface area contributed by atoms with Crippen molar-refractivity contribution in [2.75, 3.05) is 0 Å². The summed E-state index contributed by atoms with van der Waals surface area (Å²) in [4.78, 5) is 9.08. The predicted molar refractivity (Wildman–Crippen MR) is 77.1 cm³/mol. The van der Waals surface area contributed by atoms with Crippen molar-refractivity contribution < 1.29 is 0 Å². The summed E-state index contributed by atoms with van der Waals surface area (Å²) >= 11 is 3.34. The Morgan fingerprint density at radius 3 is 2.94 bits per heavy atom. The first-order chi connectivity index (χ1) is 8.92. The van der Waals surface area contributed by atoms with Gasteiger partial charge in [0, 0.05) is 5.56 Å². The van der Waals surface area contributed by atoms with Gasteiger partial charge in [0.15, 0.2) is 0 Å². The van der Waals surface area contributed by atoms with Crippen LogP contribution in [0, 0.1) is 6.07 Å². The van der Waals surface area contributed by atoms with E-state index < -0.39 is 0 Å². The first-order valence-corrected chi connectivity index (χ1v) is 7.21. The maximum absolute atomic E-state index is 4.66. The summed E-state index contributed by atoms with van der Waals surface area (Å²) in [5.74, 6) is 0. The molecule has 0 fully saturated rings. The third kappa shape index (κ3) is 1.46. The molecule has 2 aromatic carbocycles. The van der Waals surface area contributed by atoms with Crippen molar-refractivity contribution in [3.05, 3.63) is 48.0 Å². The van der Waals surface area contributed by atoms with Gasteiger partial charge in [-0.1, -0.05) is 18.2 Å². The van der Waals surface area contributed by atoms with Crippen LogP contribution in [0.25, 0.3) is 31.0 Å². The van der Waals surface area contributed by atoms with Gasteiger partial charge in [-0.25, -0.2) is 9.97 Å². The maximum atomic E-state index is 4.66. The lowest BCUT2D eigenvalue weighted by molar-refractivity contribution is 1.45. The molecule has 2 heterocycles. The Morgan fingerprint density at radius 1 is 1.06 bits per heavy atom. The molecule has 0 aliphatic rings. The summed E-state index contributed by atoms with van der Waals surface area (Å²) in [5.41, 5.74) is 4.92. The molecule has 0 bridgehead atoms. The average Bonchev–Trinajstić information content (AvgIpc) is 3.04. The molecule has 0 unspecified atom stereocenters. The van der Waals surface area contributed by atoms with Crippen molar-refractivity contribution in [3.8, 4) is 10.6 Å². The monoisotopic (exact) mass is 267 g/mol. The summed E-state index contributed by atoms with van der Waals surface area (Å²) in [6.45, 7) is 0. The number of para-hydroxylation sites is 1. The van der Waals surface area contributed by atoms with Gasteiger partial charge >= 0.3 is 0 Å². The summed E-state index contributed by atoms with van der Waals surface area (Å²) < 4.78 is 2.39. The quantitative estimate of drug-likeness (QED) is 0.511. The van der Waals surface area contributed by atoms with Gasteiger partial charge in [-0.05, 0) is 24.3 Å². The molecule has 85 valence electrons. The van der Waals surface area contributed by atoms with E-state index in [0.29, 0.717) is 0 Å². The van der Waals surface area contributed by atoms with Crippen molar-refractivity contribution >= 4 is 43.1 Å². The lowest BCUT2D eigenvalue weighted by Crippen LogP contribution is -1.78. The molecule has 18 heavy (non-hydrogen) atoms. The van der Waals surface area contributed by atoms with Crippen molar-refractivity contribution in [2.24, 2.45) is 0 Å². The van der Waals surface area contributed by atoms with E-state index in [9.17, 15) is 0 Å². The molecule has 0 spiro atoms. The van der Waals surface area contributed by atoms with E-state index in [1.165, 1.54) is 9.40 Å². The molecule has 0 saturated heterocycles. The van der Waals surface area contributed by atoms with Crippen LogP contribution in [0.4, 0.5) is 0 Å². The largest absolute Gasteiger partial charge is 0.244 e. The molecule has 0 saturated carbocycles. The molecule has 4 rings (SSSR count). The Bertz CT molecular complexity index is 812. The maximum Gasteiger partial charge on any atom is 0.127 e. The minimum atomic E-state index is 0.993. The van der Waals surface area contributed by atoms with E-state index in [1.807, 2.05) is 35.8 Å². The second-order valence-corrected chi connectivity index (χ2v) is 5.82. The lowest BCUT2D eigenvalue weighted by atomic mass is 10.2. The fourth-order valence-corrected chi connectivity index (χ4v) is 3.63. The van der Waals surface area contributed by atoms with Crippen LogP contribution in [-0.4, -0.2) is 9.97 Å². The number of hydrogen-bond acceptors (Lipinski definition) is 4. The fourth-order valence-electron chi connectivity index (χ4n) is 1.97. The first kappa shape index (κ1) is 10.2. The Morgan fingerprint density at radius 2 is 2.00 bits per heavy atom. The second-order valence-electron chi connectivity index (χ2n) is 3.90. The molecule has 2 aromatic heterocycles. The standard InChI is InChI=1S/C14H7N2S2/c1-2-6-11-10(5-1)16-14(18-11)9-4-3-7-12-13(9)15-8-17-12/h1-3,5-8H. The van der Waals surface area contributed by atoms with Gasteiger partial charge in [0.25, 0.3) is 0 Å². The van der Waals surface area contributed by atoms with Crippen LogP contribution in [-0.2, 0) is 0 Å². The SMILES string of the molecule is [c]1ccc2scnc2c1-c1nc2ccccc2s1. The number of benzene rings is 2. The van der Waals surface area contributed by atoms with Crippen LogP contribution in [0.2, 0.25) is 0 Å². The summed E-state index contributed by atoms with van der Waals surface area (Å²) in [5, 5.41) is 0.993. The third-order valence-electron chi connectivity index (χ3n) is 2.80. The smallest absolute Gasteiger partial charge is 0.127 e. The molecule has 4 aromatic rings. The van der Waals surface area contributed by atoms with Gasteiger partial charge in [-0.3, -0.25) is 0 Å². The van der Waals surface area contributed by atoms with Gasteiger partial charge in [0.05, 0.1) is 25.9 Å². The number of fused-ring (bicyclic) bond motifs is 2. The van der Waals surface area contributed by atoms with Crippen molar-refractivity contribution in [1.29, 1.82) is 0 Å². The molecule has 2 nitrogen and oxygen atoms in total. The molecule has 0 aliphatic heterocycles. The van der Waals surface area contributed by atoms with Crippen molar-refractivity contribution in [3.63, 3.8) is 0 Å². The van der Waals surface area contributed by atoms with E-state index in [0.717, 1.165) is 21.6 Å². The van der Waals surface area contributed by atoms with E-state index in [1.54, 1.807) is 22.7 Å². The van der Waals surface area contributed by atoms with Crippen LogP contribution in [0.5, 0.6) is 0 Å². The number of thiazole rings is 2. The van der Waals surface area contributed by atoms with Gasteiger partial charge in [0.2, 0.25) is 0 Å². The minimum Gasteiger partial charge on any atom is -0.244 e. The third-order valence-corrected chi connectivity index (χ3v) is 4.65. The molecule has 0 aliphatic carbocycles. The number of aromatic nitrogens is 2. The molecule has 0 atom stereocenters. The molecule has 1 radical (unpaired) electrons. The zero-order chi connectivity index (χ0) is 11.9. The van der Waals surface area contributed by atoms with Crippen molar-refractivity contribution in [2.45, 2.75) is 0 Å². The number of hydrogen-bond donors (Lipinski definition) is 0. The van der Waals surface area contributed by atoms with E-state index in [2.05, 4.69) is 22.1 Å². The highest BCUT2D eigenvalue weighted by Crippen LogP contribution is 2.34. The molecular formula is C14H7N2S2. The van der Waals surface area contributed by atoms with Crippen LogP contribution in [0.15, 0.2) is 41.9 Å². The number of rotatable bonds is 1. The number of nitrogens with zero attached hydrogens (tertiary/aromatic N) is 2. The Kier molecular flexibility index (Phi) is 2.18. The van der Waals surface area contributed by atoms with Crippen LogP contribution in [0.3, 0.4) is 0 Å². The molecule has 0 N–H and O–H groups in total. The molecule has 0 amide bonds. The summed E-state index contributed by atoms with van der Waals surface area (Å²) in [6, 6.07) is 15.4. The van der Waals surface area contributed by atoms with Gasteiger partial charge in [-0.2, -0.15) is 0 Å². The minimum absolute atomic E-state index is 0.993. The van der Waals surface area contributed by atoms with E-state index >= 15 is 0 Å². The van der Waals surface area contributed by atoms with Gasteiger partial charge in [0.1, 0.15) is 5.01 Å². The average molecular weight is 267 g/mol. The predicted octanol–water partition coefficient (Wildman–Crippen LogP) is 4.37. The zero-order valence-corrected chi connectivity index (χ0v) is 10.9. The highest BCUT2D eigenvalue weighted by Gasteiger charge is 2.10. The van der Waals surface area contributed by atoms with Crippen LogP contribution >= 0.6 is 22.7 Å². The second kappa shape index (κ2) is 3.86.